The van der Waals surface area contributed by atoms with Crippen molar-refractivity contribution >= 4 is 0 Å². The van der Waals surface area contributed by atoms with Crippen LogP contribution in [0.25, 0.3) is 0 Å². The summed E-state index contributed by atoms with van der Waals surface area (Å²) in [7, 11) is 0. The van der Waals surface area contributed by atoms with Crippen molar-refractivity contribution in [2.24, 2.45) is 11.7 Å². The lowest BCUT2D eigenvalue weighted by Crippen LogP contribution is -2.62. The van der Waals surface area contributed by atoms with Gasteiger partial charge in [-0.05, 0) is 38.6 Å². The van der Waals surface area contributed by atoms with Gasteiger partial charge in [0.1, 0.15) is 0 Å². The Morgan fingerprint density at radius 1 is 1.16 bits per heavy atom. The molecule has 3 atom stereocenters. The average Bonchev–Trinajstić information content (AvgIpc) is 2.61. The average molecular weight is 267 g/mol. The molecule has 2 rings (SSSR count). The first-order valence-corrected chi connectivity index (χ1v) is 8.30. The Hall–Kier alpha value is -0.120. The molecule has 3 unspecified atom stereocenters. The minimum absolute atomic E-state index is 0.304. The smallest absolute Gasteiger partial charge is 0.0333 e. The van der Waals surface area contributed by atoms with Gasteiger partial charge < -0.3 is 5.73 Å². The molecule has 2 N–H and O–H groups in total. The maximum Gasteiger partial charge on any atom is 0.0333 e. The van der Waals surface area contributed by atoms with Crippen LogP contribution >= 0.6 is 0 Å². The van der Waals surface area contributed by atoms with Crippen LogP contribution in [0.2, 0.25) is 0 Å². The Balaban J connectivity index is 2.04. The van der Waals surface area contributed by atoms with E-state index in [-0.39, 0.29) is 0 Å². The highest BCUT2D eigenvalue weighted by Gasteiger charge is 2.39. The van der Waals surface area contributed by atoms with Crippen molar-refractivity contribution in [1.82, 2.24) is 9.80 Å². The molecule has 0 aromatic rings. The van der Waals surface area contributed by atoms with Crippen LogP contribution in [-0.2, 0) is 0 Å². The Morgan fingerprint density at radius 2 is 1.95 bits per heavy atom. The summed E-state index contributed by atoms with van der Waals surface area (Å²) in [6, 6.07) is 0.683. The predicted octanol–water partition coefficient (Wildman–Crippen LogP) is 2.31. The number of rotatable bonds is 3. The van der Waals surface area contributed by atoms with Gasteiger partial charge in [0.2, 0.25) is 0 Å². The van der Waals surface area contributed by atoms with Gasteiger partial charge >= 0.3 is 0 Å². The Labute approximate surface area is 119 Å². The summed E-state index contributed by atoms with van der Waals surface area (Å²) in [4.78, 5) is 5.34. The van der Waals surface area contributed by atoms with Crippen molar-refractivity contribution in [3.8, 4) is 0 Å². The third-order valence-electron chi connectivity index (χ3n) is 5.66. The van der Waals surface area contributed by atoms with Crippen LogP contribution < -0.4 is 5.73 Å². The van der Waals surface area contributed by atoms with Gasteiger partial charge in [0, 0.05) is 37.8 Å². The zero-order chi connectivity index (χ0) is 13.9. The van der Waals surface area contributed by atoms with Crippen molar-refractivity contribution < 1.29 is 0 Å². The molecule has 1 heterocycles. The second-order valence-electron chi connectivity index (χ2n) is 6.89. The van der Waals surface area contributed by atoms with E-state index in [0.29, 0.717) is 11.6 Å². The molecule has 0 bridgehead atoms. The SMILES string of the molecule is CCN1CCN(C2(CN)CCCC(C)CC2)CC1C. The second kappa shape index (κ2) is 6.55. The monoisotopic (exact) mass is 267 g/mol. The highest BCUT2D eigenvalue weighted by atomic mass is 15.3. The maximum absolute atomic E-state index is 6.24. The first-order chi connectivity index (χ1) is 9.11. The molecular weight excluding hydrogens is 234 g/mol. The van der Waals surface area contributed by atoms with Gasteiger partial charge in [-0.2, -0.15) is 0 Å². The van der Waals surface area contributed by atoms with E-state index < -0.39 is 0 Å². The number of piperazine rings is 1. The molecule has 0 aromatic heterocycles. The standard InChI is InChI=1S/C16H33N3/c1-4-18-10-11-19(12-15(18)3)16(13-17)8-5-6-14(2)7-9-16/h14-15H,4-13,17H2,1-3H3. The summed E-state index contributed by atoms with van der Waals surface area (Å²) in [5.74, 6) is 0.891. The number of nitrogens with zero attached hydrogens (tertiary/aromatic N) is 2. The first-order valence-electron chi connectivity index (χ1n) is 8.30. The molecular formula is C16H33N3. The molecule has 2 fully saturated rings. The normalized spacial score (nSPS) is 39.2. The molecule has 19 heavy (non-hydrogen) atoms. The fourth-order valence-electron chi connectivity index (χ4n) is 4.11. The van der Waals surface area contributed by atoms with Crippen LogP contribution in [0.1, 0.15) is 52.9 Å². The second-order valence-corrected chi connectivity index (χ2v) is 6.89. The van der Waals surface area contributed by atoms with Crippen LogP contribution in [0, 0.1) is 5.92 Å². The van der Waals surface area contributed by atoms with Gasteiger partial charge in [0.25, 0.3) is 0 Å². The van der Waals surface area contributed by atoms with Crippen molar-refractivity contribution in [3.63, 3.8) is 0 Å². The summed E-state index contributed by atoms with van der Waals surface area (Å²) in [5, 5.41) is 0. The van der Waals surface area contributed by atoms with Crippen LogP contribution in [0.15, 0.2) is 0 Å². The summed E-state index contributed by atoms with van der Waals surface area (Å²) in [6.07, 6.45) is 6.74. The minimum atomic E-state index is 0.304. The van der Waals surface area contributed by atoms with Crippen LogP contribution in [0.3, 0.4) is 0 Å². The van der Waals surface area contributed by atoms with E-state index in [1.54, 1.807) is 0 Å². The van der Waals surface area contributed by atoms with Crippen molar-refractivity contribution in [1.29, 1.82) is 0 Å². The number of hydrogen-bond donors (Lipinski definition) is 1. The fraction of sp³-hybridized carbons (Fsp3) is 1.00. The van der Waals surface area contributed by atoms with E-state index in [2.05, 4.69) is 30.6 Å². The molecule has 1 saturated carbocycles. The quantitative estimate of drug-likeness (QED) is 0.797. The fourth-order valence-corrected chi connectivity index (χ4v) is 4.11. The Kier molecular flexibility index (Phi) is 5.27. The van der Waals surface area contributed by atoms with E-state index in [0.717, 1.165) is 12.5 Å². The third-order valence-corrected chi connectivity index (χ3v) is 5.66. The van der Waals surface area contributed by atoms with Crippen LogP contribution in [0.4, 0.5) is 0 Å². The summed E-state index contributed by atoms with van der Waals surface area (Å²) in [6.45, 7) is 12.7. The molecule has 0 aromatic carbocycles. The lowest BCUT2D eigenvalue weighted by atomic mass is 9.86. The number of likely N-dealkylation sites (N-methyl/N-ethyl adjacent to an activating group) is 1. The molecule has 1 aliphatic heterocycles. The van der Waals surface area contributed by atoms with Crippen LogP contribution in [0.5, 0.6) is 0 Å². The molecule has 3 nitrogen and oxygen atoms in total. The molecule has 2 aliphatic rings. The topological polar surface area (TPSA) is 32.5 Å². The summed E-state index contributed by atoms with van der Waals surface area (Å²) < 4.78 is 0. The highest BCUT2D eigenvalue weighted by molar-refractivity contribution is 4.97. The van der Waals surface area contributed by atoms with E-state index in [4.69, 9.17) is 5.73 Å². The zero-order valence-corrected chi connectivity index (χ0v) is 13.2. The number of hydrogen-bond acceptors (Lipinski definition) is 3. The molecule has 0 spiro atoms. The zero-order valence-electron chi connectivity index (χ0n) is 13.2. The molecule has 1 saturated heterocycles. The van der Waals surface area contributed by atoms with E-state index in [9.17, 15) is 0 Å². The predicted molar refractivity (Wildman–Crippen MR) is 82.3 cm³/mol. The Morgan fingerprint density at radius 3 is 2.58 bits per heavy atom. The van der Waals surface area contributed by atoms with Gasteiger partial charge in [0.15, 0.2) is 0 Å². The summed E-state index contributed by atoms with van der Waals surface area (Å²) in [5.41, 5.74) is 6.55. The molecule has 0 radical (unpaired) electrons. The minimum Gasteiger partial charge on any atom is -0.329 e. The highest BCUT2D eigenvalue weighted by Crippen LogP contribution is 2.35. The first kappa shape index (κ1) is 15.3. The van der Waals surface area contributed by atoms with Crippen LogP contribution in [-0.4, -0.2) is 54.1 Å². The van der Waals surface area contributed by atoms with E-state index >= 15 is 0 Å². The van der Waals surface area contributed by atoms with Crippen molar-refractivity contribution in [2.45, 2.75) is 64.5 Å². The van der Waals surface area contributed by atoms with Gasteiger partial charge in [-0.25, -0.2) is 0 Å². The maximum atomic E-state index is 6.24. The molecule has 3 heteroatoms. The van der Waals surface area contributed by atoms with Gasteiger partial charge in [0.05, 0.1) is 0 Å². The number of nitrogens with two attached hydrogens (primary N) is 1. The molecule has 112 valence electrons. The van der Waals surface area contributed by atoms with Gasteiger partial charge in [-0.3, -0.25) is 9.80 Å². The summed E-state index contributed by atoms with van der Waals surface area (Å²) >= 11 is 0. The molecule has 0 amide bonds. The van der Waals surface area contributed by atoms with Gasteiger partial charge in [-0.15, -0.1) is 0 Å². The van der Waals surface area contributed by atoms with Crippen molar-refractivity contribution in [3.05, 3.63) is 0 Å². The lowest BCUT2D eigenvalue weighted by Gasteiger charge is -2.49. The van der Waals surface area contributed by atoms with E-state index in [1.165, 1.54) is 58.3 Å². The van der Waals surface area contributed by atoms with Crippen molar-refractivity contribution in [2.75, 3.05) is 32.7 Å². The van der Waals surface area contributed by atoms with E-state index in [1.807, 2.05) is 0 Å². The largest absolute Gasteiger partial charge is 0.329 e. The third kappa shape index (κ3) is 3.32. The molecule has 1 aliphatic carbocycles. The lowest BCUT2D eigenvalue weighted by molar-refractivity contribution is 0.00161. The van der Waals surface area contributed by atoms with Gasteiger partial charge in [-0.1, -0.05) is 26.7 Å². The Bertz CT molecular complexity index is 281.